The number of nitrogen functional groups attached to an aromatic ring is 1. The first-order chi connectivity index (χ1) is 21.4. The van der Waals surface area contributed by atoms with Crippen LogP contribution >= 0.6 is 31.9 Å². The van der Waals surface area contributed by atoms with Crippen molar-refractivity contribution in [1.82, 2.24) is 4.90 Å². The minimum Gasteiger partial charge on any atom is -0.399 e. The lowest BCUT2D eigenvalue weighted by Crippen LogP contribution is -2.14. The number of nitrogens with zero attached hydrogens (tertiary/aromatic N) is 4. The monoisotopic (exact) mass is 769 g/mol. The molecule has 0 aromatic heterocycles. The van der Waals surface area contributed by atoms with Crippen LogP contribution in [0.3, 0.4) is 0 Å². The van der Waals surface area contributed by atoms with Gasteiger partial charge >= 0.3 is 0 Å². The van der Waals surface area contributed by atoms with E-state index in [0.717, 1.165) is 26.6 Å². The van der Waals surface area contributed by atoms with Crippen molar-refractivity contribution in [2.45, 2.75) is 28.2 Å². The first kappa shape index (κ1) is 32.7. The van der Waals surface area contributed by atoms with Crippen molar-refractivity contribution in [2.75, 3.05) is 19.3 Å². The van der Waals surface area contributed by atoms with Crippen molar-refractivity contribution in [3.8, 4) is 0 Å². The van der Waals surface area contributed by atoms with Crippen molar-refractivity contribution in [3.63, 3.8) is 0 Å². The van der Waals surface area contributed by atoms with Gasteiger partial charge in [0, 0.05) is 28.2 Å². The molecular formula is C32H29Br2N5O4S2. The molecule has 0 radical (unpaired) electrons. The Hall–Kier alpha value is -3.65. The van der Waals surface area contributed by atoms with Crippen LogP contribution in [0, 0.1) is 0 Å². The predicted octanol–water partition coefficient (Wildman–Crippen LogP) is 7.45. The van der Waals surface area contributed by atoms with Gasteiger partial charge in [-0.25, -0.2) is 13.4 Å². The number of nitrogens with two attached hydrogens (primary N) is 1. The number of fused-ring (bicyclic) bond motifs is 2. The Morgan fingerprint density at radius 1 is 0.756 bits per heavy atom. The molecule has 0 saturated heterocycles. The van der Waals surface area contributed by atoms with E-state index in [9.17, 15) is 18.0 Å². The Labute approximate surface area is 279 Å². The third-order valence-corrected chi connectivity index (χ3v) is 12.5. The molecule has 6 rings (SSSR count). The number of benzene rings is 4. The van der Waals surface area contributed by atoms with Crippen LogP contribution in [-0.4, -0.2) is 45.1 Å². The largest absolute Gasteiger partial charge is 0.399 e. The van der Waals surface area contributed by atoms with Gasteiger partial charge in [-0.3, -0.25) is 9.59 Å². The summed E-state index contributed by atoms with van der Waals surface area (Å²) < 4.78 is 35.9. The van der Waals surface area contributed by atoms with Gasteiger partial charge < -0.3 is 10.6 Å². The Morgan fingerprint density at radius 2 is 1.22 bits per heavy atom. The smallest absolute Gasteiger partial charge is 0.286 e. The number of carbonyl (C=O) groups excluding carboxylic acids is 2. The molecule has 0 saturated carbocycles. The van der Waals surface area contributed by atoms with Crippen LogP contribution in [0.25, 0.3) is 0 Å². The predicted molar refractivity (Wildman–Crippen MR) is 186 cm³/mol. The number of anilines is 1. The molecule has 2 N–H and O–H groups in total. The van der Waals surface area contributed by atoms with Crippen LogP contribution < -0.4 is 5.73 Å². The summed E-state index contributed by atoms with van der Waals surface area (Å²) in [5, 5.41) is 0. The number of carbonyl (C=O) groups is 2. The molecule has 2 amide bonds. The van der Waals surface area contributed by atoms with Crippen LogP contribution in [0.4, 0.5) is 11.4 Å². The van der Waals surface area contributed by atoms with E-state index in [1.54, 1.807) is 36.7 Å². The zero-order valence-corrected chi connectivity index (χ0v) is 29.2. The maximum atomic E-state index is 13.3. The maximum absolute atomic E-state index is 13.3. The normalized spacial score (nSPS) is 19.7. The number of rotatable bonds is 7. The van der Waals surface area contributed by atoms with E-state index in [0.29, 0.717) is 32.3 Å². The van der Waals surface area contributed by atoms with Gasteiger partial charge in [-0.15, -0.1) is 0 Å². The summed E-state index contributed by atoms with van der Waals surface area (Å²) in [5.41, 5.74) is 9.27. The highest BCUT2D eigenvalue weighted by atomic mass is 79.9. The fourth-order valence-electron chi connectivity index (χ4n) is 4.58. The summed E-state index contributed by atoms with van der Waals surface area (Å²) in [7, 11) is -3.60. The summed E-state index contributed by atoms with van der Waals surface area (Å²) in [6, 6.07) is 25.0. The molecule has 0 aliphatic carbocycles. The van der Waals surface area contributed by atoms with Crippen LogP contribution in [0.2, 0.25) is 0 Å². The van der Waals surface area contributed by atoms with Gasteiger partial charge in [0.1, 0.15) is 0 Å². The van der Waals surface area contributed by atoms with Gasteiger partial charge in [0.2, 0.25) is 0 Å². The average molecular weight is 772 g/mol. The molecule has 4 aromatic carbocycles. The zero-order chi connectivity index (χ0) is 32.4. The lowest BCUT2D eigenvalue weighted by Gasteiger charge is -2.09. The van der Waals surface area contributed by atoms with Gasteiger partial charge in [-0.1, -0.05) is 56.1 Å². The Bertz CT molecular complexity index is 2080. The van der Waals surface area contributed by atoms with Gasteiger partial charge in [-0.2, -0.15) is 8.73 Å². The highest BCUT2D eigenvalue weighted by Crippen LogP contribution is 2.33. The molecular weight excluding hydrogens is 742 g/mol. The van der Waals surface area contributed by atoms with E-state index in [1.807, 2.05) is 67.4 Å². The molecule has 45 heavy (non-hydrogen) atoms. The van der Waals surface area contributed by atoms with Crippen molar-refractivity contribution in [1.29, 1.82) is 0 Å². The van der Waals surface area contributed by atoms with E-state index in [-0.39, 0.29) is 11.5 Å². The van der Waals surface area contributed by atoms with E-state index in [4.69, 9.17) is 5.73 Å². The Balaban J connectivity index is 0.000000182. The van der Waals surface area contributed by atoms with Gasteiger partial charge in [0.15, 0.2) is 0 Å². The first-order valence-corrected chi connectivity index (χ1v) is 18.7. The quantitative estimate of drug-likeness (QED) is 0.118. The minimum atomic E-state index is -2.78. The molecule has 0 spiro atoms. The van der Waals surface area contributed by atoms with Crippen LogP contribution in [0.15, 0.2) is 117 Å². The maximum Gasteiger partial charge on any atom is 0.286 e. The summed E-state index contributed by atoms with van der Waals surface area (Å²) in [6.07, 6.45) is 1.71. The van der Waals surface area contributed by atoms with Gasteiger partial charge in [0.05, 0.1) is 63.9 Å². The number of hydrogen-bond donors (Lipinski definition) is 1. The fraction of sp³-hybridized carbons (Fsp3) is 0.156. The van der Waals surface area contributed by atoms with Crippen molar-refractivity contribution >= 4 is 80.8 Å². The number of aliphatic imine (C=N–C) groups is 1. The molecule has 0 bridgehead atoms. The Kier molecular flexibility index (Phi) is 9.73. The standard InChI is InChI=1S/C18H18BrN3O2S.C14H11BrN2O2S/c1-3-22(2)12-20-15-8-9-17-16(10-15)18(23)21-25(17,24)11-13-4-6-14(19)7-5-13;15-10-3-1-9(2-4-10)8-20(19)13-6-5-11(16)7-12(13)14(18)17-20/h4-10,12H,3,11H2,1-2H3;1-7H,8,16H2. The van der Waals surface area contributed by atoms with Crippen molar-refractivity contribution in [3.05, 3.63) is 116 Å². The summed E-state index contributed by atoms with van der Waals surface area (Å²) >= 11 is 6.73. The molecule has 13 heteroatoms. The third kappa shape index (κ3) is 7.43. The van der Waals surface area contributed by atoms with Crippen LogP contribution in [0.1, 0.15) is 38.8 Å². The van der Waals surface area contributed by atoms with Gasteiger partial charge in [0.25, 0.3) is 11.8 Å². The van der Waals surface area contributed by atoms with Crippen molar-refractivity contribution in [2.24, 2.45) is 13.7 Å². The zero-order valence-electron chi connectivity index (χ0n) is 24.4. The molecule has 2 aliphatic heterocycles. The molecule has 0 fully saturated rings. The van der Waals surface area contributed by atoms with Crippen LogP contribution in [0.5, 0.6) is 0 Å². The third-order valence-electron chi connectivity index (χ3n) is 7.03. The van der Waals surface area contributed by atoms with E-state index >= 15 is 0 Å². The highest BCUT2D eigenvalue weighted by Gasteiger charge is 2.30. The summed E-state index contributed by atoms with van der Waals surface area (Å²) in [5.74, 6) is -0.434. The molecule has 2 heterocycles. The van der Waals surface area contributed by atoms with E-state index in [1.165, 1.54) is 6.07 Å². The first-order valence-electron chi connectivity index (χ1n) is 13.7. The minimum absolute atomic E-state index is 0.222. The lowest BCUT2D eigenvalue weighted by atomic mass is 10.2. The second-order valence-corrected chi connectivity index (χ2v) is 16.6. The van der Waals surface area contributed by atoms with E-state index in [2.05, 4.69) is 45.6 Å². The van der Waals surface area contributed by atoms with Crippen LogP contribution in [-0.2, 0) is 31.0 Å². The molecule has 2 aliphatic rings. The van der Waals surface area contributed by atoms with Crippen molar-refractivity contribution < 1.29 is 18.0 Å². The second-order valence-electron chi connectivity index (χ2n) is 10.4. The molecule has 4 aromatic rings. The molecule has 9 nitrogen and oxygen atoms in total. The number of hydrogen-bond acceptors (Lipinski definition) is 6. The molecule has 2 atom stereocenters. The van der Waals surface area contributed by atoms with Gasteiger partial charge in [-0.05, 0) is 78.7 Å². The SMILES string of the molecule is CCN(C)C=Nc1ccc2c(c1)C(=O)N=S2(=O)Cc1ccc(Br)cc1.Nc1ccc2c(c1)C(=O)N=S2(=O)Cc1ccc(Br)cc1. The topological polar surface area (TPSA) is 135 Å². The highest BCUT2D eigenvalue weighted by molar-refractivity contribution is 9.10. The number of amides is 2. The van der Waals surface area contributed by atoms with E-state index < -0.39 is 31.3 Å². The summed E-state index contributed by atoms with van der Waals surface area (Å²) in [4.78, 5) is 31.4. The number of halogens is 2. The Morgan fingerprint density at radius 3 is 1.71 bits per heavy atom. The molecule has 232 valence electrons. The average Bonchev–Trinajstić information content (AvgIpc) is 3.41. The summed E-state index contributed by atoms with van der Waals surface area (Å²) in [6.45, 7) is 2.86. The molecule has 2 unspecified atom stereocenters. The fourth-order valence-corrected chi connectivity index (χ4v) is 9.31. The lowest BCUT2D eigenvalue weighted by molar-refractivity contribution is 0.0997. The second kappa shape index (κ2) is 13.4.